The van der Waals surface area contributed by atoms with E-state index in [9.17, 15) is 4.79 Å². The van der Waals surface area contributed by atoms with Gasteiger partial charge in [0.15, 0.2) is 0 Å². The summed E-state index contributed by atoms with van der Waals surface area (Å²) < 4.78 is 0.715. The van der Waals surface area contributed by atoms with E-state index in [0.717, 1.165) is 5.56 Å². The van der Waals surface area contributed by atoms with E-state index in [-0.39, 0.29) is 11.7 Å². The molecule has 0 aliphatic rings. The maximum Gasteiger partial charge on any atom is 0.272 e. The second-order valence-corrected chi connectivity index (χ2v) is 4.62. The first kappa shape index (κ1) is 13.3. The predicted molar refractivity (Wildman–Crippen MR) is 77.3 cm³/mol. The molecule has 1 amide bonds. The number of aromatic hydroxyl groups is 1. The number of nitrogens with zero attached hydrogens (tertiary/aromatic N) is 1. The Bertz CT molecular complexity index is 609. The molecule has 5 heteroatoms. The smallest absolute Gasteiger partial charge is 0.272 e. The van der Waals surface area contributed by atoms with E-state index in [1.54, 1.807) is 42.5 Å². The molecular weight excluding hydrogens is 308 g/mol. The monoisotopic (exact) mass is 318 g/mol. The average molecular weight is 319 g/mol. The first-order valence-corrected chi connectivity index (χ1v) is 6.33. The zero-order chi connectivity index (χ0) is 13.7. The number of phenolic OH excluding ortho intramolecular Hbond substituents is 1. The Balaban J connectivity index is 2.01. The number of nitrogens with one attached hydrogen (secondary N) is 1. The van der Waals surface area contributed by atoms with Gasteiger partial charge >= 0.3 is 0 Å². The number of phenols is 1. The van der Waals surface area contributed by atoms with Crippen LogP contribution in [-0.2, 0) is 0 Å². The Morgan fingerprint density at radius 2 is 1.84 bits per heavy atom. The van der Waals surface area contributed by atoms with E-state index in [4.69, 9.17) is 5.11 Å². The van der Waals surface area contributed by atoms with Crippen molar-refractivity contribution in [1.29, 1.82) is 0 Å². The molecule has 0 unspecified atom stereocenters. The third-order valence-electron chi connectivity index (χ3n) is 2.39. The maximum absolute atomic E-state index is 11.8. The van der Waals surface area contributed by atoms with Gasteiger partial charge in [0, 0.05) is 4.47 Å². The highest BCUT2D eigenvalue weighted by Crippen LogP contribution is 2.15. The molecule has 0 heterocycles. The normalized spacial score (nSPS) is 10.6. The lowest BCUT2D eigenvalue weighted by Gasteiger charge is -2.01. The average Bonchev–Trinajstić information content (AvgIpc) is 2.41. The van der Waals surface area contributed by atoms with Crippen LogP contribution in [-0.4, -0.2) is 17.2 Å². The molecule has 0 radical (unpaired) electrons. The maximum atomic E-state index is 11.8. The summed E-state index contributed by atoms with van der Waals surface area (Å²) in [5.74, 6) is -0.100. The van der Waals surface area contributed by atoms with Crippen molar-refractivity contribution in [3.63, 3.8) is 0 Å². The zero-order valence-electron chi connectivity index (χ0n) is 9.88. The van der Waals surface area contributed by atoms with Crippen molar-refractivity contribution >= 4 is 28.1 Å². The molecule has 0 aliphatic heterocycles. The van der Waals surface area contributed by atoms with Gasteiger partial charge in [-0.05, 0) is 57.9 Å². The van der Waals surface area contributed by atoms with Crippen molar-refractivity contribution in [2.24, 2.45) is 5.10 Å². The molecule has 19 heavy (non-hydrogen) atoms. The lowest BCUT2D eigenvalue weighted by Crippen LogP contribution is -2.18. The van der Waals surface area contributed by atoms with Crippen LogP contribution >= 0.6 is 15.9 Å². The fourth-order valence-electron chi connectivity index (χ4n) is 1.43. The van der Waals surface area contributed by atoms with Crippen molar-refractivity contribution in [3.8, 4) is 5.75 Å². The van der Waals surface area contributed by atoms with Crippen LogP contribution in [0.4, 0.5) is 0 Å². The SMILES string of the molecule is O=C(N/N=C\c1ccc(O)cc1)c1ccccc1Br. The number of halogens is 1. The van der Waals surface area contributed by atoms with E-state index in [0.29, 0.717) is 10.0 Å². The molecule has 0 saturated heterocycles. The van der Waals surface area contributed by atoms with Crippen molar-refractivity contribution in [1.82, 2.24) is 5.43 Å². The molecular formula is C14H11BrN2O2. The first-order valence-electron chi connectivity index (χ1n) is 5.54. The summed E-state index contributed by atoms with van der Waals surface area (Å²) in [6.07, 6.45) is 1.51. The summed E-state index contributed by atoms with van der Waals surface area (Å²) in [6.45, 7) is 0. The van der Waals surface area contributed by atoms with Crippen LogP contribution in [0.25, 0.3) is 0 Å². The molecule has 0 bridgehead atoms. The van der Waals surface area contributed by atoms with Gasteiger partial charge in [0.2, 0.25) is 0 Å². The second-order valence-electron chi connectivity index (χ2n) is 3.77. The highest BCUT2D eigenvalue weighted by molar-refractivity contribution is 9.10. The van der Waals surface area contributed by atoms with Crippen molar-refractivity contribution in [3.05, 3.63) is 64.1 Å². The van der Waals surface area contributed by atoms with Crippen LogP contribution in [0.15, 0.2) is 58.1 Å². The minimum atomic E-state index is -0.289. The van der Waals surface area contributed by atoms with Gasteiger partial charge in [-0.1, -0.05) is 12.1 Å². The summed E-state index contributed by atoms with van der Waals surface area (Å²) in [7, 11) is 0. The highest BCUT2D eigenvalue weighted by Gasteiger charge is 2.07. The van der Waals surface area contributed by atoms with Gasteiger partial charge in [-0.3, -0.25) is 4.79 Å². The molecule has 2 aromatic rings. The van der Waals surface area contributed by atoms with Gasteiger partial charge in [-0.25, -0.2) is 5.43 Å². The largest absolute Gasteiger partial charge is 0.508 e. The Labute approximate surface area is 118 Å². The van der Waals surface area contributed by atoms with Crippen LogP contribution in [0.1, 0.15) is 15.9 Å². The van der Waals surface area contributed by atoms with Gasteiger partial charge in [0.1, 0.15) is 5.75 Å². The van der Waals surface area contributed by atoms with E-state index in [2.05, 4.69) is 26.5 Å². The minimum Gasteiger partial charge on any atom is -0.508 e. The molecule has 0 saturated carbocycles. The van der Waals surface area contributed by atoms with E-state index < -0.39 is 0 Å². The van der Waals surface area contributed by atoms with Gasteiger partial charge in [-0.15, -0.1) is 0 Å². The number of hydrogen-bond donors (Lipinski definition) is 2. The Morgan fingerprint density at radius 1 is 1.16 bits per heavy atom. The number of hydrogen-bond acceptors (Lipinski definition) is 3. The van der Waals surface area contributed by atoms with Crippen LogP contribution in [0.3, 0.4) is 0 Å². The van der Waals surface area contributed by atoms with E-state index in [1.165, 1.54) is 6.21 Å². The fraction of sp³-hybridized carbons (Fsp3) is 0. The molecule has 0 fully saturated rings. The van der Waals surface area contributed by atoms with Crippen LogP contribution < -0.4 is 5.43 Å². The van der Waals surface area contributed by atoms with E-state index in [1.807, 2.05) is 6.07 Å². The Kier molecular flexibility index (Phi) is 4.30. The number of rotatable bonds is 3. The quantitative estimate of drug-likeness (QED) is 0.675. The topological polar surface area (TPSA) is 61.7 Å². The molecule has 0 aliphatic carbocycles. The number of carbonyl (C=O) groups is 1. The number of amides is 1. The minimum absolute atomic E-state index is 0.189. The van der Waals surface area contributed by atoms with Gasteiger partial charge in [0.25, 0.3) is 5.91 Å². The Hall–Kier alpha value is -2.14. The summed E-state index contributed by atoms with van der Waals surface area (Å²) in [4.78, 5) is 11.8. The molecule has 0 atom stereocenters. The molecule has 2 rings (SSSR count). The molecule has 4 nitrogen and oxygen atoms in total. The zero-order valence-corrected chi connectivity index (χ0v) is 11.5. The van der Waals surface area contributed by atoms with Crippen molar-refractivity contribution in [2.45, 2.75) is 0 Å². The summed E-state index contributed by atoms with van der Waals surface area (Å²) >= 11 is 3.30. The van der Waals surface area contributed by atoms with Gasteiger partial charge < -0.3 is 5.11 Å². The summed E-state index contributed by atoms with van der Waals surface area (Å²) in [5.41, 5.74) is 3.74. The molecule has 0 spiro atoms. The highest BCUT2D eigenvalue weighted by atomic mass is 79.9. The van der Waals surface area contributed by atoms with E-state index >= 15 is 0 Å². The summed E-state index contributed by atoms with van der Waals surface area (Å²) in [6, 6.07) is 13.6. The standard InChI is InChI=1S/C14H11BrN2O2/c15-13-4-2-1-3-12(13)14(19)17-16-9-10-5-7-11(18)8-6-10/h1-9,18H,(H,17,19)/b16-9-. The van der Waals surface area contributed by atoms with Gasteiger partial charge in [-0.2, -0.15) is 5.10 Å². The van der Waals surface area contributed by atoms with Crippen molar-refractivity contribution < 1.29 is 9.90 Å². The van der Waals surface area contributed by atoms with Crippen LogP contribution in [0.2, 0.25) is 0 Å². The lowest BCUT2D eigenvalue weighted by molar-refractivity contribution is 0.0954. The third kappa shape index (κ3) is 3.66. The van der Waals surface area contributed by atoms with Crippen LogP contribution in [0, 0.1) is 0 Å². The van der Waals surface area contributed by atoms with Gasteiger partial charge in [0.05, 0.1) is 11.8 Å². The molecule has 96 valence electrons. The fourth-order valence-corrected chi connectivity index (χ4v) is 1.90. The van der Waals surface area contributed by atoms with Crippen molar-refractivity contribution in [2.75, 3.05) is 0 Å². The molecule has 2 aromatic carbocycles. The molecule has 2 N–H and O–H groups in total. The number of carbonyl (C=O) groups excluding carboxylic acids is 1. The molecule has 0 aromatic heterocycles. The second kappa shape index (κ2) is 6.15. The number of hydrazone groups is 1. The lowest BCUT2D eigenvalue weighted by atomic mass is 10.2. The Morgan fingerprint density at radius 3 is 2.53 bits per heavy atom. The number of benzene rings is 2. The van der Waals surface area contributed by atoms with Crippen LogP contribution in [0.5, 0.6) is 5.75 Å². The first-order chi connectivity index (χ1) is 9.16. The predicted octanol–water partition coefficient (Wildman–Crippen LogP) is 2.92. The third-order valence-corrected chi connectivity index (χ3v) is 3.08. The summed E-state index contributed by atoms with van der Waals surface area (Å²) in [5, 5.41) is 13.0.